The third-order valence-corrected chi connectivity index (χ3v) is 2.09. The Hall–Kier alpha value is -0.570. The lowest BCUT2D eigenvalue weighted by atomic mass is 10.3. The van der Waals surface area contributed by atoms with Crippen molar-refractivity contribution in [1.29, 1.82) is 0 Å². The highest BCUT2D eigenvalue weighted by Gasteiger charge is 2.31. The van der Waals surface area contributed by atoms with Gasteiger partial charge in [0.2, 0.25) is 0 Å². The Labute approximate surface area is 60.6 Å². The Kier molecular flexibility index (Phi) is 1.94. The van der Waals surface area contributed by atoms with Gasteiger partial charge in [0.05, 0.1) is 0 Å². The van der Waals surface area contributed by atoms with Crippen LogP contribution >= 0.6 is 0 Å². The molecule has 1 rings (SSSR count). The molecule has 3 heteroatoms. The summed E-state index contributed by atoms with van der Waals surface area (Å²) in [6.45, 7) is 1.72. The molecule has 0 bridgehead atoms. The van der Waals surface area contributed by atoms with E-state index in [1.54, 1.807) is 6.92 Å². The lowest BCUT2D eigenvalue weighted by Crippen LogP contribution is -2.37. The van der Waals surface area contributed by atoms with Crippen LogP contribution in [0.15, 0.2) is 0 Å². The molecule has 0 aromatic carbocycles. The summed E-state index contributed by atoms with van der Waals surface area (Å²) in [6, 6.07) is 0.207. The molecule has 1 N–H and O–H groups in total. The van der Waals surface area contributed by atoms with Gasteiger partial charge in [0.25, 0.3) is 0 Å². The quantitative estimate of drug-likeness (QED) is 0.627. The molecule has 58 valence electrons. The highest BCUT2D eigenvalue weighted by Crippen LogP contribution is 2.26. The highest BCUT2D eigenvalue weighted by atomic mass is 16.4. The first-order valence-electron chi connectivity index (χ1n) is 3.57. The van der Waals surface area contributed by atoms with Crippen molar-refractivity contribution < 1.29 is 9.90 Å². The van der Waals surface area contributed by atoms with Gasteiger partial charge in [-0.3, -0.25) is 9.69 Å². The van der Waals surface area contributed by atoms with Gasteiger partial charge in [-0.25, -0.2) is 0 Å². The molecule has 0 radical (unpaired) electrons. The average Bonchev–Trinajstić information content (AvgIpc) is 2.65. The number of aliphatic carboxylic acids is 1. The Balaban J connectivity index is 2.38. The summed E-state index contributed by atoms with van der Waals surface area (Å²) < 4.78 is 0. The van der Waals surface area contributed by atoms with Gasteiger partial charge in [-0.1, -0.05) is 0 Å². The molecule has 1 fully saturated rings. The number of hydrogen-bond acceptors (Lipinski definition) is 2. The number of carbonyl (C=O) groups is 1. The smallest absolute Gasteiger partial charge is 0.320 e. The Morgan fingerprint density at radius 3 is 2.50 bits per heavy atom. The number of nitrogens with zero attached hydrogens (tertiary/aromatic N) is 1. The molecular formula is C7H13NO2. The Bertz CT molecular complexity index is 143. The lowest BCUT2D eigenvalue weighted by molar-refractivity contribution is -0.142. The van der Waals surface area contributed by atoms with E-state index in [9.17, 15) is 4.79 Å². The van der Waals surface area contributed by atoms with Crippen LogP contribution in [-0.4, -0.2) is 35.1 Å². The van der Waals surface area contributed by atoms with Crippen molar-refractivity contribution >= 4 is 5.97 Å². The van der Waals surface area contributed by atoms with E-state index in [1.165, 1.54) is 0 Å². The largest absolute Gasteiger partial charge is 0.480 e. The topological polar surface area (TPSA) is 40.5 Å². The van der Waals surface area contributed by atoms with E-state index in [4.69, 9.17) is 5.11 Å². The van der Waals surface area contributed by atoms with Crippen LogP contribution in [0.25, 0.3) is 0 Å². The zero-order valence-corrected chi connectivity index (χ0v) is 6.37. The fourth-order valence-electron chi connectivity index (χ4n) is 0.972. The van der Waals surface area contributed by atoms with Gasteiger partial charge in [0.1, 0.15) is 6.04 Å². The zero-order valence-electron chi connectivity index (χ0n) is 6.37. The first-order valence-corrected chi connectivity index (χ1v) is 3.57. The van der Waals surface area contributed by atoms with Crippen LogP contribution < -0.4 is 0 Å². The summed E-state index contributed by atoms with van der Waals surface area (Å²) >= 11 is 0. The molecule has 0 spiro atoms. The van der Waals surface area contributed by atoms with E-state index in [2.05, 4.69) is 0 Å². The number of hydrogen-bond donors (Lipinski definition) is 1. The van der Waals surface area contributed by atoms with Crippen molar-refractivity contribution in [2.45, 2.75) is 31.8 Å². The van der Waals surface area contributed by atoms with Crippen LogP contribution in [0.2, 0.25) is 0 Å². The first kappa shape index (κ1) is 7.54. The number of likely N-dealkylation sites (N-methyl/N-ethyl adjacent to an activating group) is 1. The van der Waals surface area contributed by atoms with Crippen molar-refractivity contribution in [2.24, 2.45) is 0 Å². The maximum atomic E-state index is 10.4. The van der Waals surface area contributed by atoms with Gasteiger partial charge in [0.15, 0.2) is 0 Å². The fraction of sp³-hybridized carbons (Fsp3) is 0.857. The van der Waals surface area contributed by atoms with E-state index in [-0.39, 0.29) is 6.04 Å². The summed E-state index contributed by atoms with van der Waals surface area (Å²) in [5, 5.41) is 8.59. The predicted molar refractivity (Wildman–Crippen MR) is 37.9 cm³/mol. The van der Waals surface area contributed by atoms with Crippen LogP contribution in [0.5, 0.6) is 0 Å². The van der Waals surface area contributed by atoms with Gasteiger partial charge >= 0.3 is 5.97 Å². The second-order valence-electron chi connectivity index (χ2n) is 2.91. The zero-order chi connectivity index (χ0) is 7.72. The average molecular weight is 143 g/mol. The van der Waals surface area contributed by atoms with Gasteiger partial charge < -0.3 is 5.11 Å². The third kappa shape index (κ3) is 1.48. The van der Waals surface area contributed by atoms with Gasteiger partial charge in [-0.15, -0.1) is 0 Å². The molecule has 10 heavy (non-hydrogen) atoms. The van der Waals surface area contributed by atoms with Crippen molar-refractivity contribution in [3.63, 3.8) is 0 Å². The normalized spacial score (nSPS) is 21.1. The molecule has 0 amide bonds. The summed E-state index contributed by atoms with van der Waals surface area (Å²) in [5.74, 6) is -0.727. The molecule has 1 atom stereocenters. The third-order valence-electron chi connectivity index (χ3n) is 2.09. The number of rotatable bonds is 3. The van der Waals surface area contributed by atoms with Crippen LogP contribution in [-0.2, 0) is 4.79 Å². The minimum absolute atomic E-state index is 0.326. The molecule has 1 unspecified atom stereocenters. The van der Waals surface area contributed by atoms with Crippen molar-refractivity contribution in [3.8, 4) is 0 Å². The maximum Gasteiger partial charge on any atom is 0.320 e. The second kappa shape index (κ2) is 2.58. The maximum absolute atomic E-state index is 10.4. The standard InChI is InChI=1S/C7H13NO2/c1-5(7(9)10)8(2)6-3-4-6/h5-6H,3-4H2,1-2H3,(H,9,10). The Morgan fingerprint density at radius 2 is 2.20 bits per heavy atom. The van der Waals surface area contributed by atoms with Gasteiger partial charge in [-0.05, 0) is 26.8 Å². The van der Waals surface area contributed by atoms with Gasteiger partial charge in [0, 0.05) is 6.04 Å². The van der Waals surface area contributed by atoms with E-state index in [1.807, 2.05) is 11.9 Å². The van der Waals surface area contributed by atoms with Crippen LogP contribution in [0.1, 0.15) is 19.8 Å². The monoisotopic (exact) mass is 143 g/mol. The summed E-state index contributed by atoms with van der Waals surface area (Å²) in [7, 11) is 1.87. The highest BCUT2D eigenvalue weighted by molar-refractivity contribution is 5.72. The van der Waals surface area contributed by atoms with Crippen LogP contribution in [0.3, 0.4) is 0 Å². The molecular weight excluding hydrogens is 130 g/mol. The molecule has 0 aromatic rings. The van der Waals surface area contributed by atoms with Crippen molar-refractivity contribution in [1.82, 2.24) is 4.90 Å². The summed E-state index contributed by atoms with van der Waals surface area (Å²) in [6.07, 6.45) is 2.32. The van der Waals surface area contributed by atoms with Crippen molar-refractivity contribution in [2.75, 3.05) is 7.05 Å². The molecule has 0 heterocycles. The number of carboxylic acid groups (broad SMARTS) is 1. The first-order chi connectivity index (χ1) is 4.63. The molecule has 1 aliphatic carbocycles. The molecule has 1 saturated carbocycles. The number of carboxylic acids is 1. The van der Waals surface area contributed by atoms with Crippen LogP contribution in [0.4, 0.5) is 0 Å². The predicted octanol–water partition coefficient (Wildman–Crippen LogP) is 0.554. The molecule has 0 aromatic heterocycles. The summed E-state index contributed by atoms with van der Waals surface area (Å²) in [5.41, 5.74) is 0. The van der Waals surface area contributed by atoms with E-state index >= 15 is 0 Å². The van der Waals surface area contributed by atoms with Crippen molar-refractivity contribution in [3.05, 3.63) is 0 Å². The van der Waals surface area contributed by atoms with E-state index in [0.29, 0.717) is 6.04 Å². The minimum atomic E-state index is -0.727. The molecule has 0 aliphatic heterocycles. The SMILES string of the molecule is CC(C(=O)O)N(C)C1CC1. The van der Waals surface area contributed by atoms with E-state index in [0.717, 1.165) is 12.8 Å². The lowest BCUT2D eigenvalue weighted by Gasteiger charge is -2.19. The molecule has 3 nitrogen and oxygen atoms in total. The van der Waals surface area contributed by atoms with Gasteiger partial charge in [-0.2, -0.15) is 0 Å². The second-order valence-corrected chi connectivity index (χ2v) is 2.91. The van der Waals surface area contributed by atoms with Crippen LogP contribution in [0, 0.1) is 0 Å². The minimum Gasteiger partial charge on any atom is -0.480 e. The Morgan fingerprint density at radius 1 is 1.70 bits per heavy atom. The molecule has 1 aliphatic rings. The van der Waals surface area contributed by atoms with E-state index < -0.39 is 5.97 Å². The molecule has 0 saturated heterocycles. The fourth-order valence-corrected chi connectivity index (χ4v) is 0.972. The summed E-state index contributed by atoms with van der Waals surface area (Å²) in [4.78, 5) is 12.4.